The lowest BCUT2D eigenvalue weighted by Gasteiger charge is -2.28. The van der Waals surface area contributed by atoms with Crippen LogP contribution in [0.3, 0.4) is 0 Å². The molecule has 0 saturated heterocycles. The highest BCUT2D eigenvalue weighted by Crippen LogP contribution is 2.27. The minimum absolute atomic E-state index is 0.601. The van der Waals surface area contributed by atoms with Crippen molar-refractivity contribution in [2.24, 2.45) is 0 Å². The molecule has 0 heterocycles. The Kier molecular flexibility index (Phi) is 3.80. The zero-order valence-electron chi connectivity index (χ0n) is 10.2. The fraction of sp³-hybridized carbons (Fsp3) is 0.500. The monoisotopic (exact) mass is 224 g/mol. The molecule has 84 valence electrons. The van der Waals surface area contributed by atoms with Crippen molar-refractivity contribution in [2.75, 3.05) is 7.11 Å². The predicted octanol–water partition coefficient (Wildman–Crippen LogP) is 3.69. The van der Waals surface area contributed by atoms with Crippen LogP contribution in [0.15, 0.2) is 24.3 Å². The van der Waals surface area contributed by atoms with Crippen LogP contribution < -0.4 is 9.16 Å². The van der Waals surface area contributed by atoms with E-state index in [0.29, 0.717) is 5.54 Å². The van der Waals surface area contributed by atoms with Crippen LogP contribution >= 0.6 is 0 Å². The van der Waals surface area contributed by atoms with E-state index in [0.717, 1.165) is 11.5 Å². The molecular formula is C12H20O2Si. The summed E-state index contributed by atoms with van der Waals surface area (Å²) in [4.78, 5) is 0. The lowest BCUT2D eigenvalue weighted by Crippen LogP contribution is -2.37. The molecular weight excluding hydrogens is 204 g/mol. The van der Waals surface area contributed by atoms with E-state index >= 15 is 0 Å². The Bertz CT molecular complexity index is 321. The van der Waals surface area contributed by atoms with Crippen LogP contribution in [0, 0.1) is 0 Å². The van der Waals surface area contributed by atoms with Crippen molar-refractivity contribution in [3.8, 4) is 11.5 Å². The predicted molar refractivity (Wildman–Crippen MR) is 66.2 cm³/mol. The van der Waals surface area contributed by atoms with Gasteiger partial charge in [-0.25, -0.2) is 0 Å². The van der Waals surface area contributed by atoms with Crippen molar-refractivity contribution in [1.82, 2.24) is 0 Å². The normalized spacial score (nSPS) is 11.6. The third-order valence-electron chi connectivity index (χ3n) is 2.81. The Morgan fingerprint density at radius 1 is 1.13 bits per heavy atom. The van der Waals surface area contributed by atoms with Crippen LogP contribution in [-0.2, 0) is 0 Å². The molecule has 0 atom stereocenters. The van der Waals surface area contributed by atoms with Gasteiger partial charge in [0.05, 0.1) is 7.11 Å². The molecule has 0 aromatic heterocycles. The Morgan fingerprint density at radius 3 is 2.27 bits per heavy atom. The molecule has 0 unspecified atom stereocenters. The second kappa shape index (κ2) is 4.70. The van der Waals surface area contributed by atoms with Crippen LogP contribution in [0.2, 0.25) is 18.6 Å². The SMILES string of the molecule is COc1cccc(O[Si](C)(C)C(C)C)c1. The molecule has 1 aromatic rings. The van der Waals surface area contributed by atoms with Crippen molar-refractivity contribution >= 4 is 8.32 Å². The summed E-state index contributed by atoms with van der Waals surface area (Å²) in [6, 6.07) is 7.81. The zero-order valence-corrected chi connectivity index (χ0v) is 11.2. The quantitative estimate of drug-likeness (QED) is 0.726. The summed E-state index contributed by atoms with van der Waals surface area (Å²) in [6.45, 7) is 8.90. The van der Waals surface area contributed by atoms with Crippen LogP contribution in [0.5, 0.6) is 11.5 Å². The Labute approximate surface area is 93.4 Å². The van der Waals surface area contributed by atoms with Crippen molar-refractivity contribution in [3.05, 3.63) is 24.3 Å². The number of benzene rings is 1. The summed E-state index contributed by atoms with van der Waals surface area (Å²) in [5, 5.41) is 0. The van der Waals surface area contributed by atoms with Gasteiger partial charge in [-0.2, -0.15) is 0 Å². The molecule has 2 nitrogen and oxygen atoms in total. The molecule has 0 aliphatic carbocycles. The first-order valence-electron chi connectivity index (χ1n) is 5.29. The van der Waals surface area contributed by atoms with Gasteiger partial charge < -0.3 is 9.16 Å². The average Bonchev–Trinajstić information content (AvgIpc) is 2.17. The molecule has 0 saturated carbocycles. The van der Waals surface area contributed by atoms with E-state index in [9.17, 15) is 0 Å². The van der Waals surface area contributed by atoms with Crippen LogP contribution in [0.4, 0.5) is 0 Å². The van der Waals surface area contributed by atoms with Crippen molar-refractivity contribution in [3.63, 3.8) is 0 Å². The topological polar surface area (TPSA) is 18.5 Å². The van der Waals surface area contributed by atoms with Gasteiger partial charge in [0.2, 0.25) is 8.32 Å². The fourth-order valence-electron chi connectivity index (χ4n) is 1.09. The van der Waals surface area contributed by atoms with Crippen molar-refractivity contribution in [1.29, 1.82) is 0 Å². The summed E-state index contributed by atoms with van der Waals surface area (Å²) >= 11 is 0. The molecule has 3 heteroatoms. The van der Waals surface area contributed by atoms with Gasteiger partial charge in [-0.15, -0.1) is 0 Å². The molecule has 0 fully saturated rings. The minimum Gasteiger partial charge on any atom is -0.544 e. The summed E-state index contributed by atoms with van der Waals surface area (Å²) in [5.74, 6) is 1.76. The van der Waals surface area contributed by atoms with Crippen LogP contribution in [0.1, 0.15) is 13.8 Å². The highest BCUT2D eigenvalue weighted by molar-refractivity contribution is 6.73. The van der Waals surface area contributed by atoms with E-state index in [4.69, 9.17) is 9.16 Å². The Morgan fingerprint density at radius 2 is 1.73 bits per heavy atom. The maximum atomic E-state index is 6.06. The van der Waals surface area contributed by atoms with E-state index < -0.39 is 8.32 Å². The molecule has 0 aliphatic heterocycles. The minimum atomic E-state index is -1.61. The highest BCUT2D eigenvalue weighted by atomic mass is 28.4. The van der Waals surface area contributed by atoms with Gasteiger partial charge in [-0.05, 0) is 30.8 Å². The highest BCUT2D eigenvalue weighted by Gasteiger charge is 2.28. The van der Waals surface area contributed by atoms with Crippen LogP contribution in [-0.4, -0.2) is 15.4 Å². The number of rotatable bonds is 4. The lowest BCUT2D eigenvalue weighted by molar-refractivity contribution is 0.411. The number of methoxy groups -OCH3 is 1. The van der Waals surface area contributed by atoms with Gasteiger partial charge in [0.15, 0.2) is 0 Å². The van der Waals surface area contributed by atoms with Gasteiger partial charge in [-0.1, -0.05) is 19.9 Å². The van der Waals surface area contributed by atoms with Crippen molar-refractivity contribution in [2.45, 2.75) is 32.5 Å². The third kappa shape index (κ3) is 3.27. The lowest BCUT2D eigenvalue weighted by atomic mass is 10.3. The fourth-order valence-corrected chi connectivity index (χ4v) is 2.06. The van der Waals surface area contributed by atoms with Gasteiger partial charge in [0, 0.05) is 6.07 Å². The zero-order chi connectivity index (χ0) is 11.5. The number of hydrogen-bond acceptors (Lipinski definition) is 2. The maximum Gasteiger partial charge on any atom is 0.247 e. The molecule has 1 aromatic carbocycles. The van der Waals surface area contributed by atoms with Gasteiger partial charge in [0.1, 0.15) is 11.5 Å². The standard InChI is InChI=1S/C12H20O2Si/c1-10(2)15(4,5)14-12-8-6-7-11(9-12)13-3/h6-10H,1-5H3. The Hall–Kier alpha value is -0.963. The third-order valence-corrected chi connectivity index (χ3v) is 6.36. The summed E-state index contributed by atoms with van der Waals surface area (Å²) in [7, 11) is 0.0580. The van der Waals surface area contributed by atoms with E-state index in [2.05, 4.69) is 26.9 Å². The first kappa shape index (κ1) is 12.1. The Balaban J connectivity index is 2.80. The van der Waals surface area contributed by atoms with Crippen LogP contribution in [0.25, 0.3) is 0 Å². The largest absolute Gasteiger partial charge is 0.544 e. The first-order chi connectivity index (χ1) is 6.95. The van der Waals surface area contributed by atoms with Gasteiger partial charge >= 0.3 is 0 Å². The van der Waals surface area contributed by atoms with E-state index in [1.165, 1.54) is 0 Å². The van der Waals surface area contributed by atoms with Gasteiger partial charge in [-0.3, -0.25) is 0 Å². The smallest absolute Gasteiger partial charge is 0.247 e. The summed E-state index contributed by atoms with van der Waals surface area (Å²) < 4.78 is 11.2. The molecule has 15 heavy (non-hydrogen) atoms. The van der Waals surface area contributed by atoms with E-state index in [1.54, 1.807) is 7.11 Å². The molecule has 0 radical (unpaired) electrons. The molecule has 0 spiro atoms. The van der Waals surface area contributed by atoms with E-state index in [-0.39, 0.29) is 0 Å². The molecule has 0 N–H and O–H groups in total. The van der Waals surface area contributed by atoms with E-state index in [1.807, 2.05) is 24.3 Å². The maximum absolute atomic E-state index is 6.06. The van der Waals surface area contributed by atoms with Crippen molar-refractivity contribution < 1.29 is 9.16 Å². The second-order valence-corrected chi connectivity index (χ2v) is 9.10. The average molecular weight is 224 g/mol. The number of hydrogen-bond donors (Lipinski definition) is 0. The molecule has 0 amide bonds. The summed E-state index contributed by atoms with van der Waals surface area (Å²) in [5.41, 5.74) is 0.601. The molecule has 0 bridgehead atoms. The second-order valence-electron chi connectivity index (χ2n) is 4.54. The molecule has 1 rings (SSSR count). The molecule has 0 aliphatic rings. The summed E-state index contributed by atoms with van der Waals surface area (Å²) in [6.07, 6.45) is 0. The number of ether oxygens (including phenoxy) is 1. The first-order valence-corrected chi connectivity index (χ1v) is 8.27. The van der Waals surface area contributed by atoms with Gasteiger partial charge in [0.25, 0.3) is 0 Å².